The zero-order valence-corrected chi connectivity index (χ0v) is 14.1. The van der Waals surface area contributed by atoms with Crippen molar-refractivity contribution in [2.24, 2.45) is 0 Å². The number of carbonyl (C=O) groups excluding carboxylic acids is 1. The van der Waals surface area contributed by atoms with Crippen LogP contribution >= 0.6 is 11.6 Å². The molecule has 3 rings (SSSR count). The van der Waals surface area contributed by atoms with E-state index < -0.39 is 0 Å². The van der Waals surface area contributed by atoms with Gasteiger partial charge in [0.05, 0.1) is 0 Å². The summed E-state index contributed by atoms with van der Waals surface area (Å²) >= 11 is 6.04. The second-order valence-corrected chi connectivity index (χ2v) is 6.41. The molecule has 0 radical (unpaired) electrons. The molecule has 0 saturated carbocycles. The minimum Gasteiger partial charge on any atom is -0.355 e. The summed E-state index contributed by atoms with van der Waals surface area (Å²) in [5.74, 6) is -0.0174. The van der Waals surface area contributed by atoms with E-state index in [2.05, 4.69) is 22.3 Å². The Balaban J connectivity index is 1.63. The summed E-state index contributed by atoms with van der Waals surface area (Å²) in [7, 11) is 1.67. The molecule has 0 saturated heterocycles. The zero-order valence-electron chi connectivity index (χ0n) is 13.3. The van der Waals surface area contributed by atoms with E-state index in [-0.39, 0.29) is 5.91 Å². The van der Waals surface area contributed by atoms with Gasteiger partial charge in [-0.2, -0.15) is 0 Å². The minimum absolute atomic E-state index is 0.0174. The Labute approximate surface area is 142 Å². The first-order chi connectivity index (χ1) is 11.2. The normalized spacial score (nSPS) is 14.3. The van der Waals surface area contributed by atoms with Gasteiger partial charge in [-0.05, 0) is 53.8 Å². The molecule has 3 nitrogen and oxygen atoms in total. The number of amides is 1. The van der Waals surface area contributed by atoms with Crippen LogP contribution in [0.4, 0.5) is 0 Å². The Morgan fingerprint density at radius 3 is 2.87 bits per heavy atom. The summed E-state index contributed by atoms with van der Waals surface area (Å²) in [6.07, 6.45) is 2.00. The Bertz CT molecular complexity index is 714. The van der Waals surface area contributed by atoms with Gasteiger partial charge in [0.1, 0.15) is 0 Å². The largest absolute Gasteiger partial charge is 0.355 e. The lowest BCUT2D eigenvalue weighted by molar-refractivity contribution is 0.0963. The summed E-state index contributed by atoms with van der Waals surface area (Å²) in [5, 5.41) is 3.48. The summed E-state index contributed by atoms with van der Waals surface area (Å²) in [6, 6.07) is 14.1. The highest BCUT2D eigenvalue weighted by Gasteiger charge is 2.17. The summed E-state index contributed by atoms with van der Waals surface area (Å²) in [4.78, 5) is 14.2. The van der Waals surface area contributed by atoms with Gasteiger partial charge < -0.3 is 5.32 Å². The van der Waals surface area contributed by atoms with Gasteiger partial charge in [0.25, 0.3) is 5.91 Å². The fourth-order valence-electron chi connectivity index (χ4n) is 3.07. The Kier molecular flexibility index (Phi) is 4.99. The molecule has 0 atom stereocenters. The molecule has 2 aromatic rings. The molecule has 0 spiro atoms. The van der Waals surface area contributed by atoms with Crippen LogP contribution in [0.5, 0.6) is 0 Å². The monoisotopic (exact) mass is 328 g/mol. The lowest BCUT2D eigenvalue weighted by Gasteiger charge is -2.29. The zero-order chi connectivity index (χ0) is 16.2. The van der Waals surface area contributed by atoms with Crippen LogP contribution in [0.15, 0.2) is 42.5 Å². The third-order valence-corrected chi connectivity index (χ3v) is 4.63. The van der Waals surface area contributed by atoms with Crippen molar-refractivity contribution >= 4 is 17.5 Å². The average molecular weight is 329 g/mol. The number of hydrogen-bond acceptors (Lipinski definition) is 2. The van der Waals surface area contributed by atoms with Gasteiger partial charge >= 0.3 is 0 Å². The topological polar surface area (TPSA) is 32.3 Å². The van der Waals surface area contributed by atoms with Gasteiger partial charge in [0.2, 0.25) is 0 Å². The number of nitrogens with zero attached hydrogens (tertiary/aromatic N) is 1. The van der Waals surface area contributed by atoms with Crippen molar-refractivity contribution in [3.05, 3.63) is 69.7 Å². The fourth-order valence-corrected chi connectivity index (χ4v) is 3.28. The van der Waals surface area contributed by atoms with E-state index in [9.17, 15) is 4.79 Å². The van der Waals surface area contributed by atoms with Crippen molar-refractivity contribution in [3.63, 3.8) is 0 Å². The van der Waals surface area contributed by atoms with Crippen LogP contribution in [0.2, 0.25) is 5.02 Å². The molecule has 2 aromatic carbocycles. The van der Waals surface area contributed by atoms with Gasteiger partial charge in [-0.1, -0.05) is 29.8 Å². The molecule has 1 aliphatic rings. The molecular weight excluding hydrogens is 308 g/mol. The summed E-state index contributed by atoms with van der Waals surface area (Å²) in [5.41, 5.74) is 4.65. The third-order valence-electron chi connectivity index (χ3n) is 4.39. The summed E-state index contributed by atoms with van der Waals surface area (Å²) in [6.45, 7) is 3.01. The van der Waals surface area contributed by atoms with E-state index >= 15 is 0 Å². The molecule has 0 aliphatic carbocycles. The second kappa shape index (κ2) is 7.16. The number of carbonyl (C=O) groups is 1. The smallest absolute Gasteiger partial charge is 0.251 e. The van der Waals surface area contributed by atoms with Gasteiger partial charge in [0, 0.05) is 37.3 Å². The van der Waals surface area contributed by atoms with Crippen LogP contribution in [0, 0.1) is 0 Å². The molecule has 0 unspecified atom stereocenters. The lowest BCUT2D eigenvalue weighted by Crippen LogP contribution is -2.32. The molecule has 120 valence electrons. The van der Waals surface area contributed by atoms with Crippen LogP contribution in [-0.2, 0) is 19.4 Å². The van der Waals surface area contributed by atoms with E-state index in [1.54, 1.807) is 7.05 Å². The maximum Gasteiger partial charge on any atom is 0.251 e. The number of benzene rings is 2. The first-order valence-electron chi connectivity index (χ1n) is 7.96. The van der Waals surface area contributed by atoms with Crippen LogP contribution < -0.4 is 5.32 Å². The standard InChI is InChI=1S/C19H21ClN2O/c1-21-19(23)16-5-6-17-13-22(10-8-15(17)12-16)9-7-14-3-2-4-18(20)11-14/h2-6,11-12H,7-10,13H2,1H3,(H,21,23). The van der Waals surface area contributed by atoms with Crippen LogP contribution in [0.25, 0.3) is 0 Å². The third kappa shape index (κ3) is 3.92. The van der Waals surface area contributed by atoms with Crippen LogP contribution in [0.3, 0.4) is 0 Å². The predicted octanol–water partition coefficient (Wildman–Crippen LogP) is 3.30. The second-order valence-electron chi connectivity index (χ2n) is 5.97. The van der Waals surface area contributed by atoms with E-state index in [0.717, 1.165) is 43.1 Å². The lowest BCUT2D eigenvalue weighted by atomic mass is 9.96. The van der Waals surface area contributed by atoms with Gasteiger partial charge in [-0.15, -0.1) is 0 Å². The first-order valence-corrected chi connectivity index (χ1v) is 8.34. The highest BCUT2D eigenvalue weighted by atomic mass is 35.5. The van der Waals surface area contributed by atoms with Gasteiger partial charge in [-0.25, -0.2) is 0 Å². The molecule has 1 heterocycles. The molecule has 1 aliphatic heterocycles. The van der Waals surface area contributed by atoms with Crippen LogP contribution in [-0.4, -0.2) is 30.9 Å². The van der Waals surface area contributed by atoms with E-state index in [4.69, 9.17) is 11.6 Å². The van der Waals surface area contributed by atoms with Gasteiger partial charge in [0.15, 0.2) is 0 Å². The van der Waals surface area contributed by atoms with Gasteiger partial charge in [-0.3, -0.25) is 9.69 Å². The molecule has 23 heavy (non-hydrogen) atoms. The van der Waals surface area contributed by atoms with E-state index in [1.165, 1.54) is 16.7 Å². The number of fused-ring (bicyclic) bond motifs is 1. The maximum atomic E-state index is 11.7. The van der Waals surface area contributed by atoms with Crippen molar-refractivity contribution < 1.29 is 4.79 Å². The number of halogens is 1. The highest BCUT2D eigenvalue weighted by Crippen LogP contribution is 2.21. The number of nitrogens with one attached hydrogen (secondary N) is 1. The fraction of sp³-hybridized carbons (Fsp3) is 0.316. The van der Waals surface area contributed by atoms with Crippen molar-refractivity contribution in [1.29, 1.82) is 0 Å². The average Bonchev–Trinajstić information content (AvgIpc) is 2.58. The SMILES string of the molecule is CNC(=O)c1ccc2c(c1)CCN(CCc1cccc(Cl)c1)C2. The van der Waals surface area contributed by atoms with E-state index in [1.807, 2.05) is 30.3 Å². The molecule has 0 bridgehead atoms. The van der Waals surface area contributed by atoms with E-state index in [0.29, 0.717) is 0 Å². The van der Waals surface area contributed by atoms with Crippen molar-refractivity contribution in [2.75, 3.05) is 20.1 Å². The molecular formula is C19H21ClN2O. The first kappa shape index (κ1) is 16.0. The molecule has 4 heteroatoms. The predicted molar refractivity (Wildman–Crippen MR) is 94.0 cm³/mol. The Morgan fingerprint density at radius 1 is 1.22 bits per heavy atom. The molecule has 1 amide bonds. The van der Waals surface area contributed by atoms with Crippen LogP contribution in [0.1, 0.15) is 27.0 Å². The Morgan fingerprint density at radius 2 is 2.09 bits per heavy atom. The Hall–Kier alpha value is -1.84. The van der Waals surface area contributed by atoms with Crippen molar-refractivity contribution in [3.8, 4) is 0 Å². The maximum absolute atomic E-state index is 11.7. The minimum atomic E-state index is -0.0174. The highest BCUT2D eigenvalue weighted by molar-refractivity contribution is 6.30. The molecule has 1 N–H and O–H groups in total. The summed E-state index contributed by atoms with van der Waals surface area (Å²) < 4.78 is 0. The molecule has 0 fully saturated rings. The quantitative estimate of drug-likeness (QED) is 0.934. The number of hydrogen-bond donors (Lipinski definition) is 1. The van der Waals surface area contributed by atoms with Crippen molar-refractivity contribution in [1.82, 2.24) is 10.2 Å². The van der Waals surface area contributed by atoms with Crippen molar-refractivity contribution in [2.45, 2.75) is 19.4 Å². The number of rotatable bonds is 4. The molecule has 0 aromatic heterocycles.